The fourth-order valence-electron chi connectivity index (χ4n) is 10.2. The summed E-state index contributed by atoms with van der Waals surface area (Å²) in [6.45, 7) is 16.9. The van der Waals surface area contributed by atoms with E-state index in [2.05, 4.69) is 40.3 Å². The monoisotopic (exact) mass is 528 g/mol. The number of hydrogen-bond donors (Lipinski definition) is 1. The van der Waals surface area contributed by atoms with E-state index in [1.54, 1.807) is 7.11 Å². The van der Waals surface area contributed by atoms with Crippen LogP contribution in [0.15, 0.2) is 24.3 Å². The largest absolute Gasteiger partial charge is 0.460 e. The Hall–Kier alpha value is -1.50. The number of carbonyl (C=O) groups excluding carboxylic acids is 2. The maximum absolute atomic E-state index is 12.5. The molecule has 0 heterocycles. The van der Waals surface area contributed by atoms with Crippen LogP contribution < -0.4 is 0 Å². The van der Waals surface area contributed by atoms with Crippen molar-refractivity contribution in [3.63, 3.8) is 0 Å². The predicted molar refractivity (Wildman–Crippen MR) is 145 cm³/mol. The smallest absolute Gasteiger partial charge is 0.302 e. The van der Waals surface area contributed by atoms with Gasteiger partial charge in [0.1, 0.15) is 6.61 Å². The van der Waals surface area contributed by atoms with Crippen molar-refractivity contribution < 1.29 is 28.9 Å². The third-order valence-corrected chi connectivity index (χ3v) is 12.8. The molecule has 0 radical (unpaired) electrons. The van der Waals surface area contributed by atoms with E-state index >= 15 is 0 Å². The summed E-state index contributed by atoms with van der Waals surface area (Å²) in [4.78, 5) is 24.3. The highest BCUT2D eigenvalue weighted by molar-refractivity contribution is 5.93. The number of fused-ring (bicyclic) bond motifs is 2. The molecule has 6 nitrogen and oxygen atoms in total. The third kappa shape index (κ3) is 3.61. The molecule has 0 bridgehead atoms. The van der Waals surface area contributed by atoms with Gasteiger partial charge < -0.3 is 19.3 Å². The highest BCUT2D eigenvalue weighted by Gasteiger charge is 2.81. The molecule has 0 aromatic heterocycles. The van der Waals surface area contributed by atoms with E-state index in [4.69, 9.17) is 14.2 Å². The molecule has 3 unspecified atom stereocenters. The number of rotatable bonds is 8. The molecule has 5 aliphatic carbocycles. The van der Waals surface area contributed by atoms with Crippen molar-refractivity contribution >= 4 is 11.8 Å². The van der Waals surface area contributed by atoms with Crippen LogP contribution in [0.25, 0.3) is 0 Å². The molecule has 1 N–H and O–H groups in total. The molecule has 0 saturated heterocycles. The Kier molecular flexibility index (Phi) is 6.65. The van der Waals surface area contributed by atoms with Gasteiger partial charge >= 0.3 is 5.97 Å². The molecule has 4 fully saturated rings. The average molecular weight is 529 g/mol. The molecule has 212 valence electrons. The highest BCUT2D eigenvalue weighted by atomic mass is 16.7. The van der Waals surface area contributed by atoms with Crippen LogP contribution in [0.5, 0.6) is 0 Å². The minimum Gasteiger partial charge on any atom is -0.460 e. The lowest BCUT2D eigenvalue weighted by molar-refractivity contribution is -0.240. The lowest BCUT2D eigenvalue weighted by atomic mass is 9.44. The van der Waals surface area contributed by atoms with Crippen molar-refractivity contribution in [1.29, 1.82) is 0 Å². The second-order valence-electron chi connectivity index (χ2n) is 14.1. The highest BCUT2D eigenvalue weighted by Crippen LogP contribution is 2.87. The molecule has 0 aromatic rings. The van der Waals surface area contributed by atoms with Crippen molar-refractivity contribution in [2.75, 3.05) is 20.3 Å². The number of esters is 1. The topological polar surface area (TPSA) is 82.1 Å². The second kappa shape index (κ2) is 9.01. The number of aliphatic hydroxyl groups is 1. The zero-order valence-corrected chi connectivity index (χ0v) is 24.5. The first-order valence-corrected chi connectivity index (χ1v) is 14.7. The zero-order valence-electron chi connectivity index (χ0n) is 24.5. The van der Waals surface area contributed by atoms with Crippen LogP contribution >= 0.6 is 0 Å². The van der Waals surface area contributed by atoms with Gasteiger partial charge in [0.25, 0.3) is 0 Å². The fraction of sp³-hybridized carbons (Fsp3) is 0.812. The van der Waals surface area contributed by atoms with Crippen molar-refractivity contribution in [2.45, 2.75) is 92.0 Å². The SMILES string of the molecule is C=C(C(C)COC)C(O)(COC(C)=O)O[C@H]1C[C@@]2(C)[C@@H]3CC[C@H]4[C@H](C)C(=O)C=C[C@@]45C[C@@]35CC[C@]2(C)C1C. The molecule has 6 heteroatoms. The zero-order chi connectivity index (χ0) is 27.9. The van der Waals surface area contributed by atoms with Crippen LogP contribution in [0.4, 0.5) is 0 Å². The lowest BCUT2D eigenvalue weighted by Crippen LogP contribution is -2.54. The van der Waals surface area contributed by atoms with Crippen LogP contribution in [0, 0.1) is 51.2 Å². The van der Waals surface area contributed by atoms with E-state index < -0.39 is 11.8 Å². The summed E-state index contributed by atoms with van der Waals surface area (Å²) in [7, 11) is 1.62. The van der Waals surface area contributed by atoms with Gasteiger partial charge in [-0.3, -0.25) is 9.59 Å². The maximum Gasteiger partial charge on any atom is 0.302 e. The summed E-state index contributed by atoms with van der Waals surface area (Å²) >= 11 is 0. The van der Waals surface area contributed by atoms with Crippen LogP contribution in [-0.4, -0.2) is 49.1 Å². The summed E-state index contributed by atoms with van der Waals surface area (Å²) in [6.07, 6.45) is 10.6. The van der Waals surface area contributed by atoms with Crippen LogP contribution in [0.1, 0.15) is 80.1 Å². The number of ketones is 1. The number of allylic oxidation sites excluding steroid dienone is 2. The summed E-state index contributed by atoms with van der Waals surface area (Å²) in [5.74, 6) is -0.745. The van der Waals surface area contributed by atoms with Crippen molar-refractivity contribution in [3.8, 4) is 0 Å². The summed E-state index contributed by atoms with van der Waals surface area (Å²) < 4.78 is 17.3. The quantitative estimate of drug-likeness (QED) is 0.255. The molecule has 5 rings (SSSR count). The summed E-state index contributed by atoms with van der Waals surface area (Å²) in [5, 5.41) is 11.8. The Labute approximate surface area is 228 Å². The van der Waals surface area contributed by atoms with Gasteiger partial charge in [-0.2, -0.15) is 0 Å². The van der Waals surface area contributed by atoms with Crippen molar-refractivity contribution in [3.05, 3.63) is 24.3 Å². The second-order valence-corrected chi connectivity index (χ2v) is 14.1. The Morgan fingerprint density at radius 1 is 1.24 bits per heavy atom. The molecule has 0 aliphatic heterocycles. The van der Waals surface area contributed by atoms with E-state index in [1.165, 1.54) is 19.8 Å². The molecule has 2 spiro atoms. The standard InChI is InChI=1S/C32H48O6/c1-19(16-36-8)21(3)32(35,18-37-23(5)33)38-26-15-29(7)27-10-9-24-20(2)25(34)11-12-30(24)17-31(27,30)14-13-28(29,6)22(26)4/h11-12,19-20,22,24,26-27,35H,3,9-10,13-18H2,1-2,4-8H3/t19?,20-,22?,24-,26-,27-,28+,29-,30+,31-,32?/m0/s1. The van der Waals surface area contributed by atoms with Crippen LogP contribution in [0.3, 0.4) is 0 Å². The van der Waals surface area contributed by atoms with Gasteiger partial charge in [0, 0.05) is 25.9 Å². The molecular formula is C32H48O6. The van der Waals surface area contributed by atoms with E-state index in [0.717, 1.165) is 25.7 Å². The van der Waals surface area contributed by atoms with E-state index in [-0.39, 0.29) is 52.1 Å². The first-order chi connectivity index (χ1) is 17.7. The number of hydrogen-bond acceptors (Lipinski definition) is 6. The Bertz CT molecular complexity index is 1050. The molecule has 0 amide bonds. The third-order valence-electron chi connectivity index (χ3n) is 12.8. The van der Waals surface area contributed by atoms with E-state index in [0.29, 0.717) is 29.8 Å². The average Bonchev–Trinajstić information content (AvgIpc) is 3.49. The van der Waals surface area contributed by atoms with Gasteiger partial charge in [-0.25, -0.2) is 0 Å². The molecule has 5 aliphatic rings. The van der Waals surface area contributed by atoms with E-state index in [9.17, 15) is 14.7 Å². The minimum atomic E-state index is -1.78. The number of ether oxygens (including phenoxy) is 3. The predicted octanol–water partition coefficient (Wildman–Crippen LogP) is 5.49. The Morgan fingerprint density at radius 2 is 1.95 bits per heavy atom. The summed E-state index contributed by atoms with van der Waals surface area (Å²) in [6, 6.07) is 0. The lowest BCUT2D eigenvalue weighted by Gasteiger charge is -2.60. The van der Waals surface area contributed by atoms with Gasteiger partial charge in [0.2, 0.25) is 5.79 Å². The van der Waals surface area contributed by atoms with Gasteiger partial charge in [0.15, 0.2) is 5.78 Å². The first-order valence-electron chi connectivity index (χ1n) is 14.7. The molecule has 11 atom stereocenters. The number of methoxy groups -OCH3 is 1. The molecule has 0 aromatic carbocycles. The maximum atomic E-state index is 12.5. The normalized spacial score (nSPS) is 47.2. The van der Waals surface area contributed by atoms with Crippen LogP contribution in [0.2, 0.25) is 0 Å². The van der Waals surface area contributed by atoms with Gasteiger partial charge in [0.05, 0.1) is 12.7 Å². The van der Waals surface area contributed by atoms with Gasteiger partial charge in [-0.05, 0) is 89.6 Å². The Balaban J connectivity index is 1.44. The first kappa shape index (κ1) is 28.0. The minimum absolute atomic E-state index is 0.0458. The molecule has 38 heavy (non-hydrogen) atoms. The van der Waals surface area contributed by atoms with Gasteiger partial charge in [-0.1, -0.05) is 47.3 Å². The van der Waals surface area contributed by atoms with Crippen LogP contribution in [-0.2, 0) is 23.8 Å². The molecule has 4 saturated carbocycles. The summed E-state index contributed by atoms with van der Waals surface area (Å²) in [5.41, 5.74) is 1.03. The van der Waals surface area contributed by atoms with Crippen molar-refractivity contribution in [2.24, 2.45) is 51.2 Å². The number of carbonyl (C=O) groups is 2. The molecular weight excluding hydrogens is 480 g/mol. The Morgan fingerprint density at radius 3 is 2.61 bits per heavy atom. The van der Waals surface area contributed by atoms with E-state index in [1.807, 2.05) is 13.0 Å². The fourth-order valence-corrected chi connectivity index (χ4v) is 10.2. The van der Waals surface area contributed by atoms with Crippen molar-refractivity contribution in [1.82, 2.24) is 0 Å². The van der Waals surface area contributed by atoms with Gasteiger partial charge in [-0.15, -0.1) is 0 Å².